The van der Waals surface area contributed by atoms with Gasteiger partial charge in [0.2, 0.25) is 0 Å². The second-order valence-electron chi connectivity index (χ2n) is 7.83. The molecule has 10 heteroatoms. The molecule has 3 heterocycles. The third kappa shape index (κ3) is 5.97. The first kappa shape index (κ1) is 24.9. The lowest BCUT2D eigenvalue weighted by Crippen LogP contribution is -2.50. The molecular weight excluding hydrogens is 539 g/mol. The van der Waals surface area contributed by atoms with Gasteiger partial charge in [-0.1, -0.05) is 30.3 Å². The van der Waals surface area contributed by atoms with Crippen LogP contribution in [0, 0.1) is 6.92 Å². The summed E-state index contributed by atoms with van der Waals surface area (Å²) >= 11 is 1.36. The molecule has 0 aliphatic carbocycles. The molecule has 1 amide bonds. The number of hydrogen-bond donors (Lipinski definition) is 2. The number of nitrogens with one attached hydrogen (secondary N) is 2. The van der Waals surface area contributed by atoms with E-state index in [4.69, 9.17) is 4.74 Å². The lowest BCUT2D eigenvalue weighted by Gasteiger charge is -2.36. The number of ether oxygens (including phenoxy) is 1. The largest absolute Gasteiger partial charge is 0.373 e. The first-order valence-electron chi connectivity index (χ1n) is 10.7. The molecule has 0 saturated carbocycles. The fourth-order valence-electron chi connectivity index (χ4n) is 4.23. The lowest BCUT2D eigenvalue weighted by molar-refractivity contribution is -0.0502. The minimum atomic E-state index is -0.0751. The zero-order chi connectivity index (χ0) is 21.6. The summed E-state index contributed by atoms with van der Waals surface area (Å²) in [7, 11) is 1.80. The SMILES string of the molecule is CN=C(NCCNC(=O)c1scnc1C)N1CC2OCCN(Cc3ccccc3)C2C1.I. The molecule has 2 unspecified atom stereocenters. The molecule has 8 nitrogen and oxygen atoms in total. The Morgan fingerprint density at radius 1 is 1.25 bits per heavy atom. The molecule has 174 valence electrons. The zero-order valence-electron chi connectivity index (χ0n) is 18.5. The number of aliphatic imine (C=N–C) groups is 1. The molecule has 2 N–H and O–H groups in total. The van der Waals surface area contributed by atoms with E-state index in [9.17, 15) is 4.79 Å². The van der Waals surface area contributed by atoms with Crippen LogP contribution >= 0.6 is 35.3 Å². The van der Waals surface area contributed by atoms with E-state index < -0.39 is 0 Å². The lowest BCUT2D eigenvalue weighted by atomic mass is 10.1. The number of morpholine rings is 1. The van der Waals surface area contributed by atoms with Crippen molar-refractivity contribution < 1.29 is 9.53 Å². The Balaban J connectivity index is 0.00000289. The molecule has 2 aliphatic heterocycles. The van der Waals surface area contributed by atoms with E-state index in [-0.39, 0.29) is 36.0 Å². The maximum atomic E-state index is 12.2. The van der Waals surface area contributed by atoms with E-state index in [1.54, 1.807) is 12.6 Å². The molecule has 2 fully saturated rings. The van der Waals surface area contributed by atoms with Gasteiger partial charge in [0.15, 0.2) is 5.96 Å². The maximum Gasteiger partial charge on any atom is 0.263 e. The number of guanidine groups is 1. The minimum absolute atomic E-state index is 0. The topological polar surface area (TPSA) is 82.1 Å². The number of aromatic nitrogens is 1. The summed E-state index contributed by atoms with van der Waals surface area (Å²) in [5, 5.41) is 6.32. The van der Waals surface area contributed by atoms with Crippen LogP contribution < -0.4 is 10.6 Å². The number of thiazole rings is 1. The van der Waals surface area contributed by atoms with Crippen molar-refractivity contribution in [2.45, 2.75) is 25.6 Å². The molecule has 2 atom stereocenters. The van der Waals surface area contributed by atoms with Gasteiger partial charge in [-0.2, -0.15) is 0 Å². The van der Waals surface area contributed by atoms with E-state index >= 15 is 0 Å². The number of fused-ring (bicyclic) bond motifs is 1. The van der Waals surface area contributed by atoms with Gasteiger partial charge in [0.25, 0.3) is 5.91 Å². The van der Waals surface area contributed by atoms with Crippen LogP contribution in [0.2, 0.25) is 0 Å². The van der Waals surface area contributed by atoms with Gasteiger partial charge < -0.3 is 20.3 Å². The third-order valence-corrected chi connectivity index (χ3v) is 6.73. The van der Waals surface area contributed by atoms with Crippen LogP contribution in [0.15, 0.2) is 40.8 Å². The summed E-state index contributed by atoms with van der Waals surface area (Å²) in [5.74, 6) is 0.773. The second kappa shape index (κ2) is 11.9. The fourth-order valence-corrected chi connectivity index (χ4v) is 4.95. The number of carbonyl (C=O) groups excluding carboxylic acids is 1. The van der Waals surface area contributed by atoms with Crippen LogP contribution in [0.5, 0.6) is 0 Å². The number of carbonyl (C=O) groups is 1. The Morgan fingerprint density at radius 2 is 2.03 bits per heavy atom. The first-order chi connectivity index (χ1) is 15.2. The average molecular weight is 571 g/mol. The van der Waals surface area contributed by atoms with E-state index in [0.717, 1.165) is 44.4 Å². The molecule has 2 aromatic rings. The van der Waals surface area contributed by atoms with Gasteiger partial charge >= 0.3 is 0 Å². The van der Waals surface area contributed by atoms with Gasteiger partial charge in [0.05, 0.1) is 30.0 Å². The Bertz CT molecular complexity index is 909. The molecular formula is C22H31IN6O2S. The minimum Gasteiger partial charge on any atom is -0.373 e. The Morgan fingerprint density at radius 3 is 2.75 bits per heavy atom. The van der Waals surface area contributed by atoms with Crippen LogP contribution in [0.4, 0.5) is 0 Å². The number of halogens is 1. The predicted molar refractivity (Wildman–Crippen MR) is 138 cm³/mol. The standard InChI is InChI=1S/C22H30N6O2S.HI/c1-16-20(31-15-26-16)21(29)24-8-9-25-22(23-2)28-13-18-19(14-28)30-11-10-27(18)12-17-6-4-3-5-7-17;/h3-7,15,18-19H,8-14H2,1-2H3,(H,23,25)(H,24,29);1H. The zero-order valence-corrected chi connectivity index (χ0v) is 21.6. The molecule has 0 spiro atoms. The van der Waals surface area contributed by atoms with Crippen molar-refractivity contribution in [1.29, 1.82) is 0 Å². The quantitative estimate of drug-likeness (QED) is 0.239. The number of rotatable bonds is 6. The van der Waals surface area contributed by atoms with Gasteiger partial charge in [-0.25, -0.2) is 4.98 Å². The molecule has 4 rings (SSSR count). The summed E-state index contributed by atoms with van der Waals surface area (Å²) in [4.78, 5) is 26.3. The summed E-state index contributed by atoms with van der Waals surface area (Å²) in [6.45, 7) is 7.32. The van der Waals surface area contributed by atoms with Crippen LogP contribution in [0.1, 0.15) is 20.9 Å². The Hall–Kier alpha value is -1.76. The van der Waals surface area contributed by atoms with Crippen molar-refractivity contribution in [2.24, 2.45) is 4.99 Å². The van der Waals surface area contributed by atoms with Crippen molar-refractivity contribution in [3.8, 4) is 0 Å². The van der Waals surface area contributed by atoms with Gasteiger partial charge in [0.1, 0.15) is 4.88 Å². The van der Waals surface area contributed by atoms with Crippen molar-refractivity contribution in [2.75, 3.05) is 46.4 Å². The molecule has 32 heavy (non-hydrogen) atoms. The van der Waals surface area contributed by atoms with Gasteiger partial charge in [-0.15, -0.1) is 35.3 Å². The van der Waals surface area contributed by atoms with Crippen LogP contribution in [-0.4, -0.2) is 85.2 Å². The Kier molecular flexibility index (Phi) is 9.26. The molecule has 2 aliphatic rings. The maximum absolute atomic E-state index is 12.2. The monoisotopic (exact) mass is 570 g/mol. The van der Waals surface area contributed by atoms with Crippen molar-refractivity contribution in [3.63, 3.8) is 0 Å². The molecule has 1 aromatic carbocycles. The highest BCUT2D eigenvalue weighted by atomic mass is 127. The average Bonchev–Trinajstić information content (AvgIpc) is 3.41. The van der Waals surface area contributed by atoms with Crippen molar-refractivity contribution in [3.05, 3.63) is 52.0 Å². The van der Waals surface area contributed by atoms with Crippen molar-refractivity contribution in [1.82, 2.24) is 25.4 Å². The summed E-state index contributed by atoms with van der Waals surface area (Å²) in [5.41, 5.74) is 3.79. The smallest absolute Gasteiger partial charge is 0.263 e. The second-order valence-corrected chi connectivity index (χ2v) is 8.69. The molecule has 1 aromatic heterocycles. The predicted octanol–water partition coefficient (Wildman–Crippen LogP) is 1.96. The molecule has 2 saturated heterocycles. The van der Waals surface area contributed by atoms with Gasteiger partial charge in [-0.3, -0.25) is 14.7 Å². The van der Waals surface area contributed by atoms with Crippen molar-refractivity contribution >= 4 is 47.2 Å². The van der Waals surface area contributed by atoms with E-state index in [2.05, 4.69) is 60.7 Å². The third-order valence-electron chi connectivity index (χ3n) is 5.80. The number of benzene rings is 1. The highest BCUT2D eigenvalue weighted by Crippen LogP contribution is 2.24. The number of likely N-dealkylation sites (tertiary alicyclic amines) is 1. The molecule has 0 radical (unpaired) electrons. The number of hydrogen-bond acceptors (Lipinski definition) is 6. The van der Waals surface area contributed by atoms with Crippen LogP contribution in [-0.2, 0) is 11.3 Å². The normalized spacial score (nSPS) is 21.1. The molecule has 0 bridgehead atoms. The van der Waals surface area contributed by atoms with E-state index in [1.807, 2.05) is 6.92 Å². The first-order valence-corrected chi connectivity index (χ1v) is 11.6. The van der Waals surface area contributed by atoms with E-state index in [0.29, 0.717) is 24.0 Å². The summed E-state index contributed by atoms with van der Waals surface area (Å²) < 4.78 is 6.08. The summed E-state index contributed by atoms with van der Waals surface area (Å²) in [6, 6.07) is 10.9. The van der Waals surface area contributed by atoms with Crippen LogP contribution in [0.25, 0.3) is 0 Å². The van der Waals surface area contributed by atoms with Crippen LogP contribution in [0.3, 0.4) is 0 Å². The van der Waals surface area contributed by atoms with Gasteiger partial charge in [-0.05, 0) is 12.5 Å². The number of nitrogens with zero attached hydrogens (tertiary/aromatic N) is 4. The summed E-state index contributed by atoms with van der Waals surface area (Å²) in [6.07, 6.45) is 0.185. The number of amides is 1. The fraction of sp³-hybridized carbons (Fsp3) is 0.500. The highest BCUT2D eigenvalue weighted by Gasteiger charge is 2.41. The highest BCUT2D eigenvalue weighted by molar-refractivity contribution is 14.0. The van der Waals surface area contributed by atoms with Gasteiger partial charge in [0, 0.05) is 46.3 Å². The Labute approximate surface area is 210 Å². The van der Waals surface area contributed by atoms with E-state index in [1.165, 1.54) is 16.9 Å². The number of aryl methyl sites for hydroxylation is 1.